The smallest absolute Gasteiger partial charge is 0.242 e. The molecule has 6 heteroatoms. The number of nitrogens with two attached hydrogens (primary N) is 1. The number of nitrogens with one attached hydrogen (secondary N) is 1. The number of carbonyl (C=O) groups excluding carboxylic acids is 2. The fourth-order valence-corrected chi connectivity index (χ4v) is 4.11. The van der Waals surface area contributed by atoms with Gasteiger partial charge in [0.2, 0.25) is 11.8 Å². The van der Waals surface area contributed by atoms with Gasteiger partial charge < -0.3 is 16.0 Å². The molecule has 3 N–H and O–H groups in total. The van der Waals surface area contributed by atoms with Crippen LogP contribution < -0.4 is 11.1 Å². The minimum Gasteiger partial charge on any atom is -0.353 e. The standard InChI is InChI=1S/C24H32N4O2/c1-19(29)28-18-22(16-23(28)24(30)26-14-13-25)27(17-21-10-6-3-7-11-21)15-12-20-8-4-2-5-9-20/h2-11,22-23H,12-18,25H2,1H3,(H,26,30). The van der Waals surface area contributed by atoms with Crippen molar-refractivity contribution in [3.63, 3.8) is 0 Å². The summed E-state index contributed by atoms with van der Waals surface area (Å²) in [7, 11) is 0. The number of benzene rings is 2. The highest BCUT2D eigenvalue weighted by molar-refractivity contribution is 5.87. The monoisotopic (exact) mass is 408 g/mol. The molecule has 1 saturated heterocycles. The average Bonchev–Trinajstić information content (AvgIpc) is 3.22. The van der Waals surface area contributed by atoms with Crippen LogP contribution in [0.5, 0.6) is 0 Å². The first-order chi connectivity index (χ1) is 14.6. The van der Waals surface area contributed by atoms with Gasteiger partial charge in [-0.1, -0.05) is 60.7 Å². The Morgan fingerprint density at radius 3 is 2.30 bits per heavy atom. The average molecular weight is 409 g/mol. The van der Waals surface area contributed by atoms with Gasteiger partial charge in [0, 0.05) is 45.7 Å². The first-order valence-corrected chi connectivity index (χ1v) is 10.7. The van der Waals surface area contributed by atoms with Crippen LogP contribution in [-0.4, -0.2) is 59.9 Å². The Morgan fingerprint density at radius 1 is 1.07 bits per heavy atom. The molecule has 0 aromatic heterocycles. The quantitative estimate of drug-likeness (QED) is 0.663. The zero-order valence-electron chi connectivity index (χ0n) is 17.7. The van der Waals surface area contributed by atoms with Crippen molar-refractivity contribution >= 4 is 11.8 Å². The van der Waals surface area contributed by atoms with Crippen LogP contribution in [0.2, 0.25) is 0 Å². The van der Waals surface area contributed by atoms with Crippen LogP contribution in [0, 0.1) is 0 Å². The molecule has 1 aliphatic rings. The number of rotatable bonds is 9. The van der Waals surface area contributed by atoms with E-state index in [0.717, 1.165) is 19.5 Å². The number of hydrogen-bond acceptors (Lipinski definition) is 4. The maximum atomic E-state index is 12.6. The van der Waals surface area contributed by atoms with Crippen molar-refractivity contribution in [3.8, 4) is 0 Å². The lowest BCUT2D eigenvalue weighted by Gasteiger charge is -2.29. The van der Waals surface area contributed by atoms with Gasteiger partial charge >= 0.3 is 0 Å². The van der Waals surface area contributed by atoms with E-state index < -0.39 is 6.04 Å². The molecule has 30 heavy (non-hydrogen) atoms. The van der Waals surface area contributed by atoms with Gasteiger partial charge in [-0.2, -0.15) is 0 Å². The van der Waals surface area contributed by atoms with Crippen LogP contribution in [0.1, 0.15) is 24.5 Å². The molecule has 1 heterocycles. The second kappa shape index (κ2) is 10.9. The lowest BCUT2D eigenvalue weighted by Crippen LogP contribution is -2.46. The van der Waals surface area contributed by atoms with E-state index in [1.807, 2.05) is 24.3 Å². The molecule has 1 fully saturated rings. The first-order valence-electron chi connectivity index (χ1n) is 10.7. The molecule has 2 aromatic rings. The molecular formula is C24H32N4O2. The lowest BCUT2D eigenvalue weighted by molar-refractivity contribution is -0.136. The molecule has 6 nitrogen and oxygen atoms in total. The van der Waals surface area contributed by atoms with E-state index in [2.05, 4.69) is 46.6 Å². The molecule has 3 rings (SSSR count). The molecule has 1 aliphatic heterocycles. The number of amides is 2. The maximum absolute atomic E-state index is 12.6. The minimum atomic E-state index is -0.436. The van der Waals surface area contributed by atoms with Gasteiger partial charge in [-0.3, -0.25) is 14.5 Å². The fourth-order valence-electron chi connectivity index (χ4n) is 4.11. The Balaban J connectivity index is 1.75. The van der Waals surface area contributed by atoms with Crippen molar-refractivity contribution in [2.45, 2.75) is 38.4 Å². The Morgan fingerprint density at radius 2 is 1.70 bits per heavy atom. The van der Waals surface area contributed by atoms with Crippen LogP contribution in [0.3, 0.4) is 0 Å². The predicted molar refractivity (Wildman–Crippen MR) is 119 cm³/mol. The topological polar surface area (TPSA) is 78.7 Å². The Labute approximate surface area is 179 Å². The Hall–Kier alpha value is -2.70. The van der Waals surface area contributed by atoms with E-state index in [9.17, 15) is 9.59 Å². The minimum absolute atomic E-state index is 0.0619. The molecular weight excluding hydrogens is 376 g/mol. The van der Waals surface area contributed by atoms with Gasteiger partial charge in [-0.25, -0.2) is 0 Å². The molecule has 0 bridgehead atoms. The van der Waals surface area contributed by atoms with E-state index in [4.69, 9.17) is 5.73 Å². The van der Waals surface area contributed by atoms with Crippen molar-refractivity contribution in [1.29, 1.82) is 0 Å². The summed E-state index contributed by atoms with van der Waals surface area (Å²) in [6.07, 6.45) is 1.56. The van der Waals surface area contributed by atoms with Gasteiger partial charge in [0.05, 0.1) is 0 Å². The largest absolute Gasteiger partial charge is 0.353 e. The summed E-state index contributed by atoms with van der Waals surface area (Å²) in [5.74, 6) is -0.172. The number of hydrogen-bond donors (Lipinski definition) is 2. The zero-order valence-corrected chi connectivity index (χ0v) is 17.7. The molecule has 0 saturated carbocycles. The van der Waals surface area contributed by atoms with Crippen LogP contribution in [0.25, 0.3) is 0 Å². The van der Waals surface area contributed by atoms with Gasteiger partial charge in [-0.15, -0.1) is 0 Å². The van der Waals surface area contributed by atoms with Gasteiger partial charge in [0.1, 0.15) is 6.04 Å². The van der Waals surface area contributed by atoms with Crippen LogP contribution in [-0.2, 0) is 22.6 Å². The maximum Gasteiger partial charge on any atom is 0.242 e. The fraction of sp³-hybridized carbons (Fsp3) is 0.417. The third-order valence-electron chi connectivity index (χ3n) is 5.71. The number of nitrogens with zero attached hydrogens (tertiary/aromatic N) is 2. The van der Waals surface area contributed by atoms with Crippen molar-refractivity contribution in [3.05, 3.63) is 71.8 Å². The van der Waals surface area contributed by atoms with E-state index >= 15 is 0 Å². The van der Waals surface area contributed by atoms with Crippen molar-refractivity contribution in [2.75, 3.05) is 26.2 Å². The summed E-state index contributed by atoms with van der Waals surface area (Å²) in [5.41, 5.74) is 8.04. The van der Waals surface area contributed by atoms with Crippen LogP contribution in [0.15, 0.2) is 60.7 Å². The Bertz CT molecular complexity index is 812. The third kappa shape index (κ3) is 5.90. The number of likely N-dealkylation sites (tertiary alicyclic amines) is 1. The lowest BCUT2D eigenvalue weighted by atomic mass is 10.1. The zero-order chi connectivity index (χ0) is 21.3. The van der Waals surface area contributed by atoms with Crippen LogP contribution >= 0.6 is 0 Å². The van der Waals surface area contributed by atoms with E-state index in [1.54, 1.807) is 4.90 Å². The van der Waals surface area contributed by atoms with Crippen molar-refractivity contribution < 1.29 is 9.59 Å². The highest BCUT2D eigenvalue weighted by Crippen LogP contribution is 2.25. The summed E-state index contributed by atoms with van der Waals surface area (Å²) < 4.78 is 0. The third-order valence-corrected chi connectivity index (χ3v) is 5.71. The number of carbonyl (C=O) groups is 2. The summed E-state index contributed by atoms with van der Waals surface area (Å²) >= 11 is 0. The second-order valence-electron chi connectivity index (χ2n) is 7.85. The summed E-state index contributed by atoms with van der Waals surface area (Å²) in [6, 6.07) is 20.5. The normalized spacial score (nSPS) is 18.6. The van der Waals surface area contributed by atoms with E-state index in [1.165, 1.54) is 18.1 Å². The van der Waals surface area contributed by atoms with E-state index in [0.29, 0.717) is 26.1 Å². The highest BCUT2D eigenvalue weighted by Gasteiger charge is 2.40. The molecule has 0 aliphatic carbocycles. The SMILES string of the molecule is CC(=O)N1CC(N(CCc2ccccc2)Cc2ccccc2)CC1C(=O)NCCN. The molecule has 2 aromatic carbocycles. The second-order valence-corrected chi connectivity index (χ2v) is 7.85. The van der Waals surface area contributed by atoms with Crippen molar-refractivity contribution in [2.24, 2.45) is 5.73 Å². The molecule has 0 radical (unpaired) electrons. The van der Waals surface area contributed by atoms with Crippen LogP contribution in [0.4, 0.5) is 0 Å². The highest BCUT2D eigenvalue weighted by atomic mass is 16.2. The molecule has 2 amide bonds. The van der Waals surface area contributed by atoms with Crippen molar-refractivity contribution in [1.82, 2.24) is 15.1 Å². The molecule has 2 unspecified atom stereocenters. The van der Waals surface area contributed by atoms with E-state index in [-0.39, 0.29) is 17.9 Å². The summed E-state index contributed by atoms with van der Waals surface area (Å²) in [4.78, 5) is 29.0. The molecule has 160 valence electrons. The predicted octanol–water partition coefficient (Wildman–Crippen LogP) is 1.80. The molecule has 0 spiro atoms. The van der Waals surface area contributed by atoms with Gasteiger partial charge in [0.15, 0.2) is 0 Å². The summed E-state index contributed by atoms with van der Waals surface area (Å²) in [6.45, 7) is 4.58. The van der Waals surface area contributed by atoms with Gasteiger partial charge in [0.25, 0.3) is 0 Å². The first kappa shape index (κ1) is 22.0. The molecule has 2 atom stereocenters. The Kier molecular flexibility index (Phi) is 7.99. The summed E-state index contributed by atoms with van der Waals surface area (Å²) in [5, 5.41) is 2.85. The van der Waals surface area contributed by atoms with Gasteiger partial charge in [-0.05, 0) is 24.0 Å².